The van der Waals surface area contributed by atoms with Crippen LogP contribution >= 0.6 is 0 Å². The summed E-state index contributed by atoms with van der Waals surface area (Å²) in [6, 6.07) is 3.49. The van der Waals surface area contributed by atoms with Crippen LogP contribution < -0.4 is 4.72 Å². The van der Waals surface area contributed by atoms with Gasteiger partial charge in [-0.15, -0.1) is 0 Å². The van der Waals surface area contributed by atoms with Gasteiger partial charge in [0.15, 0.2) is 5.82 Å². The van der Waals surface area contributed by atoms with E-state index in [2.05, 4.69) is 9.71 Å². The van der Waals surface area contributed by atoms with Crippen LogP contribution in [0.5, 0.6) is 0 Å². The van der Waals surface area contributed by atoms with E-state index >= 15 is 0 Å². The van der Waals surface area contributed by atoms with Crippen LogP contribution in [-0.2, 0) is 10.0 Å². The first kappa shape index (κ1) is 14.9. The Morgan fingerprint density at radius 1 is 1.40 bits per heavy atom. The third kappa shape index (κ3) is 3.32. The van der Waals surface area contributed by atoms with Crippen LogP contribution in [0, 0.1) is 23.1 Å². The van der Waals surface area contributed by atoms with Crippen LogP contribution in [0.2, 0.25) is 0 Å². The van der Waals surface area contributed by atoms with E-state index in [1.54, 1.807) is 0 Å². The minimum Gasteiger partial charge on any atom is -0.241 e. The molecule has 1 unspecified atom stereocenters. The lowest BCUT2D eigenvalue weighted by Gasteiger charge is -2.26. The van der Waals surface area contributed by atoms with E-state index in [0.29, 0.717) is 0 Å². The number of nitrogens with zero attached hydrogens (tertiary/aromatic N) is 2. The first-order valence-corrected chi connectivity index (χ1v) is 8.05. The monoisotopic (exact) mass is 297 g/mol. The van der Waals surface area contributed by atoms with Crippen molar-refractivity contribution in [3.05, 3.63) is 24.1 Å². The molecule has 1 saturated carbocycles. The largest absolute Gasteiger partial charge is 0.262 e. The molecule has 0 aromatic carbocycles. The summed E-state index contributed by atoms with van der Waals surface area (Å²) in [6.07, 6.45) is 5.91. The standard InChI is InChI=1S/C13H16FN3O2S/c14-11-7-4-8-16-13(11)20(18,19)17-12(9-15)10-5-2-1-3-6-10/h4,7-8,10,12,17H,1-3,5-6H2. The first-order chi connectivity index (χ1) is 9.54. The number of nitrogens with one attached hydrogen (secondary N) is 1. The highest BCUT2D eigenvalue weighted by Gasteiger charge is 2.30. The molecule has 7 heteroatoms. The maximum atomic E-state index is 13.5. The lowest BCUT2D eigenvalue weighted by molar-refractivity contribution is 0.323. The van der Waals surface area contributed by atoms with Gasteiger partial charge in [-0.1, -0.05) is 19.3 Å². The van der Waals surface area contributed by atoms with Gasteiger partial charge in [-0.2, -0.15) is 9.98 Å². The van der Waals surface area contributed by atoms with Crippen molar-refractivity contribution in [3.63, 3.8) is 0 Å². The molecule has 1 fully saturated rings. The van der Waals surface area contributed by atoms with E-state index in [1.807, 2.05) is 6.07 Å². The smallest absolute Gasteiger partial charge is 0.241 e. The van der Waals surface area contributed by atoms with Crippen LogP contribution in [0.3, 0.4) is 0 Å². The molecule has 0 bridgehead atoms. The van der Waals surface area contributed by atoms with Crippen LogP contribution in [0.25, 0.3) is 0 Å². The summed E-state index contributed by atoms with van der Waals surface area (Å²) in [5.41, 5.74) is 0. The fourth-order valence-electron chi connectivity index (χ4n) is 2.49. The summed E-state index contributed by atoms with van der Waals surface area (Å²) < 4.78 is 40.0. The Morgan fingerprint density at radius 3 is 2.70 bits per heavy atom. The van der Waals surface area contributed by atoms with Crippen molar-refractivity contribution in [1.82, 2.24) is 9.71 Å². The SMILES string of the molecule is N#CC(NS(=O)(=O)c1ncccc1F)C1CCCCC1. The molecule has 20 heavy (non-hydrogen) atoms. The first-order valence-electron chi connectivity index (χ1n) is 6.57. The Balaban J connectivity index is 2.18. The molecule has 5 nitrogen and oxygen atoms in total. The molecule has 1 aromatic rings. The molecule has 0 amide bonds. The van der Waals surface area contributed by atoms with Crippen LogP contribution in [0.1, 0.15) is 32.1 Å². The predicted octanol–water partition coefficient (Wildman–Crippen LogP) is 1.97. The molecule has 1 aromatic heterocycles. The van der Waals surface area contributed by atoms with E-state index in [4.69, 9.17) is 5.26 Å². The zero-order valence-electron chi connectivity index (χ0n) is 10.9. The Bertz CT molecular complexity index is 606. The fourth-order valence-corrected chi connectivity index (χ4v) is 3.70. The number of rotatable bonds is 4. The third-order valence-corrected chi connectivity index (χ3v) is 4.90. The number of aromatic nitrogens is 1. The van der Waals surface area contributed by atoms with Crippen LogP contribution in [-0.4, -0.2) is 19.4 Å². The van der Waals surface area contributed by atoms with Crippen molar-refractivity contribution in [2.45, 2.75) is 43.2 Å². The van der Waals surface area contributed by atoms with Gasteiger partial charge in [0, 0.05) is 6.20 Å². The average molecular weight is 297 g/mol. The summed E-state index contributed by atoms with van der Waals surface area (Å²) in [4.78, 5) is 3.55. The van der Waals surface area contributed by atoms with Gasteiger partial charge in [0.05, 0.1) is 6.07 Å². The molecule has 1 aliphatic carbocycles. The summed E-state index contributed by atoms with van der Waals surface area (Å²) in [5, 5.41) is 8.51. The molecule has 0 saturated heterocycles. The van der Waals surface area contributed by atoms with Gasteiger partial charge in [-0.05, 0) is 30.9 Å². The summed E-state index contributed by atoms with van der Waals surface area (Å²) in [6.45, 7) is 0. The number of hydrogen-bond acceptors (Lipinski definition) is 4. The van der Waals surface area contributed by atoms with Crippen molar-refractivity contribution < 1.29 is 12.8 Å². The van der Waals surface area contributed by atoms with Gasteiger partial charge < -0.3 is 0 Å². The van der Waals surface area contributed by atoms with Gasteiger partial charge in [-0.25, -0.2) is 17.8 Å². The van der Waals surface area contributed by atoms with Gasteiger partial charge in [-0.3, -0.25) is 0 Å². The van der Waals surface area contributed by atoms with Gasteiger partial charge in [0.1, 0.15) is 6.04 Å². The highest BCUT2D eigenvalue weighted by atomic mass is 32.2. The maximum Gasteiger partial charge on any atom is 0.262 e. The van der Waals surface area contributed by atoms with E-state index in [0.717, 1.165) is 38.2 Å². The molecular formula is C13H16FN3O2S. The lowest BCUT2D eigenvalue weighted by atomic mass is 9.85. The van der Waals surface area contributed by atoms with Gasteiger partial charge in [0.25, 0.3) is 10.0 Å². The van der Waals surface area contributed by atoms with Crippen molar-refractivity contribution in [2.75, 3.05) is 0 Å². The normalized spacial score (nSPS) is 18.4. The molecule has 1 atom stereocenters. The minimum atomic E-state index is -4.11. The molecule has 2 rings (SSSR count). The average Bonchev–Trinajstić information content (AvgIpc) is 2.46. The number of sulfonamides is 1. The zero-order chi connectivity index (χ0) is 14.6. The maximum absolute atomic E-state index is 13.5. The fraction of sp³-hybridized carbons (Fsp3) is 0.538. The molecule has 1 N–H and O–H groups in total. The minimum absolute atomic E-state index is 0.0182. The highest BCUT2D eigenvalue weighted by Crippen LogP contribution is 2.27. The zero-order valence-corrected chi connectivity index (χ0v) is 11.7. The number of nitriles is 1. The van der Waals surface area contributed by atoms with Crippen molar-refractivity contribution in [2.24, 2.45) is 5.92 Å². The Kier molecular flexibility index (Phi) is 4.68. The van der Waals surface area contributed by atoms with Gasteiger partial charge in [0.2, 0.25) is 5.03 Å². The Labute approximate surface area is 117 Å². The third-order valence-electron chi connectivity index (χ3n) is 3.52. The quantitative estimate of drug-likeness (QED) is 0.921. The van der Waals surface area contributed by atoms with Crippen molar-refractivity contribution >= 4 is 10.0 Å². The summed E-state index contributed by atoms with van der Waals surface area (Å²) in [7, 11) is -4.11. The molecule has 0 radical (unpaired) electrons. The predicted molar refractivity (Wildman–Crippen MR) is 70.5 cm³/mol. The summed E-state index contributed by atoms with van der Waals surface area (Å²) in [5.74, 6) is -0.935. The van der Waals surface area contributed by atoms with Crippen LogP contribution in [0.15, 0.2) is 23.4 Å². The number of pyridine rings is 1. The number of hydrogen-bond donors (Lipinski definition) is 1. The molecule has 1 heterocycles. The van der Waals surface area contributed by atoms with Crippen LogP contribution in [0.4, 0.5) is 4.39 Å². The van der Waals surface area contributed by atoms with E-state index in [-0.39, 0.29) is 5.92 Å². The second-order valence-corrected chi connectivity index (χ2v) is 6.55. The van der Waals surface area contributed by atoms with Crippen molar-refractivity contribution in [1.29, 1.82) is 5.26 Å². The highest BCUT2D eigenvalue weighted by molar-refractivity contribution is 7.89. The molecule has 0 aliphatic heterocycles. The molecular weight excluding hydrogens is 281 g/mol. The molecule has 1 aliphatic rings. The second-order valence-electron chi connectivity index (χ2n) is 4.92. The Hall–Kier alpha value is -1.52. The van der Waals surface area contributed by atoms with E-state index in [9.17, 15) is 12.8 Å². The van der Waals surface area contributed by atoms with E-state index < -0.39 is 26.9 Å². The van der Waals surface area contributed by atoms with E-state index in [1.165, 1.54) is 12.3 Å². The summed E-state index contributed by atoms with van der Waals surface area (Å²) >= 11 is 0. The Morgan fingerprint density at radius 2 is 2.10 bits per heavy atom. The number of halogens is 1. The van der Waals surface area contributed by atoms with Crippen molar-refractivity contribution in [3.8, 4) is 6.07 Å². The topological polar surface area (TPSA) is 82.9 Å². The lowest BCUT2D eigenvalue weighted by Crippen LogP contribution is -2.40. The van der Waals surface area contributed by atoms with Gasteiger partial charge >= 0.3 is 0 Å². The molecule has 0 spiro atoms. The molecule has 108 valence electrons. The second kappa shape index (κ2) is 6.29.